The zero-order valence-corrected chi connectivity index (χ0v) is 32.7. The number of fused-ring (bicyclic) bond motifs is 2. The van der Waals surface area contributed by atoms with Crippen LogP contribution in [0, 0.1) is 0 Å². The number of anilines is 1. The van der Waals surface area contributed by atoms with E-state index in [1.165, 1.54) is 110 Å². The van der Waals surface area contributed by atoms with E-state index in [-0.39, 0.29) is 18.3 Å². The predicted molar refractivity (Wildman–Crippen MR) is 219 cm³/mol. The fourth-order valence-electron chi connectivity index (χ4n) is 7.43. The van der Waals surface area contributed by atoms with E-state index in [9.17, 15) is 9.59 Å². The highest BCUT2D eigenvalue weighted by Gasteiger charge is 2.18. The molecule has 4 aromatic rings. The number of rotatable bonds is 25. The number of hydrogen-bond acceptors (Lipinski definition) is 7. The molecule has 1 fully saturated rings. The number of pyridine rings is 1. The van der Waals surface area contributed by atoms with E-state index in [4.69, 9.17) is 9.47 Å². The van der Waals surface area contributed by atoms with Gasteiger partial charge < -0.3 is 14.4 Å². The number of unbranched alkanes of at least 4 members (excludes halogenated alkanes) is 15. The molecule has 7 nitrogen and oxygen atoms in total. The van der Waals surface area contributed by atoms with E-state index < -0.39 is 0 Å². The molecular formula is C44H63N3O4S. The van der Waals surface area contributed by atoms with E-state index >= 15 is 0 Å². The molecule has 0 atom stereocenters. The number of thiophene rings is 1. The number of ether oxygens (including phenoxy) is 2. The van der Waals surface area contributed by atoms with Crippen LogP contribution in [-0.2, 0) is 16.3 Å². The maximum atomic E-state index is 12.8. The lowest BCUT2D eigenvalue weighted by atomic mass is 10.0. The minimum absolute atomic E-state index is 0.0765. The van der Waals surface area contributed by atoms with Gasteiger partial charge in [0.2, 0.25) is 0 Å². The monoisotopic (exact) mass is 729 g/mol. The van der Waals surface area contributed by atoms with Gasteiger partial charge in [0.15, 0.2) is 6.73 Å². The Balaban J connectivity index is 0.926. The normalized spacial score (nSPS) is 13.7. The van der Waals surface area contributed by atoms with Crippen molar-refractivity contribution < 1.29 is 14.3 Å². The van der Waals surface area contributed by atoms with E-state index in [2.05, 4.69) is 46.4 Å². The topological polar surface area (TPSA) is 64.0 Å². The largest absolute Gasteiger partial charge is 0.494 e. The molecule has 0 aliphatic carbocycles. The molecule has 284 valence electrons. The second kappa shape index (κ2) is 22.7. The van der Waals surface area contributed by atoms with Crippen LogP contribution in [0.3, 0.4) is 0 Å². The molecule has 52 heavy (non-hydrogen) atoms. The molecular weight excluding hydrogens is 667 g/mol. The molecule has 2 aromatic carbocycles. The van der Waals surface area contributed by atoms with E-state index in [1.807, 2.05) is 35.6 Å². The molecule has 0 saturated carbocycles. The van der Waals surface area contributed by atoms with Gasteiger partial charge in [-0.1, -0.05) is 103 Å². The van der Waals surface area contributed by atoms with Gasteiger partial charge in [0.1, 0.15) is 5.75 Å². The van der Waals surface area contributed by atoms with Crippen molar-refractivity contribution in [2.45, 2.75) is 129 Å². The van der Waals surface area contributed by atoms with Gasteiger partial charge >= 0.3 is 5.97 Å². The fraction of sp³-hybridized carbons (Fsp3) is 0.591. The number of nitrogens with zero attached hydrogens (tertiary/aromatic N) is 3. The van der Waals surface area contributed by atoms with Crippen LogP contribution in [0.25, 0.3) is 21.0 Å². The van der Waals surface area contributed by atoms with Crippen LogP contribution >= 0.6 is 11.3 Å². The van der Waals surface area contributed by atoms with Gasteiger partial charge in [-0.15, -0.1) is 11.3 Å². The quantitative estimate of drug-likeness (QED) is 0.0500. The molecule has 0 bridgehead atoms. The Morgan fingerprint density at radius 1 is 0.731 bits per heavy atom. The van der Waals surface area contributed by atoms with Gasteiger partial charge in [-0.05, 0) is 73.0 Å². The molecule has 0 unspecified atom stereocenters. The first-order valence-corrected chi connectivity index (χ1v) is 21.4. The molecule has 8 heteroatoms. The number of aromatic nitrogens is 1. The Bertz CT molecular complexity index is 1680. The molecule has 0 radical (unpaired) electrons. The van der Waals surface area contributed by atoms with Crippen LogP contribution in [0.4, 0.5) is 5.69 Å². The average Bonchev–Trinajstić information content (AvgIpc) is 3.66. The Hall–Kier alpha value is -3.36. The molecule has 0 amide bonds. The summed E-state index contributed by atoms with van der Waals surface area (Å²) in [5, 5.41) is 4.47. The van der Waals surface area contributed by atoms with E-state index in [0.29, 0.717) is 13.0 Å². The van der Waals surface area contributed by atoms with Crippen LogP contribution in [-0.4, -0.2) is 54.8 Å². The van der Waals surface area contributed by atoms with Crippen LogP contribution in [0.5, 0.6) is 5.75 Å². The maximum absolute atomic E-state index is 12.8. The second-order valence-corrected chi connectivity index (χ2v) is 15.6. The van der Waals surface area contributed by atoms with Gasteiger partial charge in [-0.25, -0.2) is 0 Å². The molecule has 0 spiro atoms. The van der Waals surface area contributed by atoms with Crippen molar-refractivity contribution in [1.29, 1.82) is 0 Å². The third-order valence-corrected chi connectivity index (χ3v) is 11.5. The Labute approximate surface area is 316 Å². The van der Waals surface area contributed by atoms with Crippen LogP contribution in [0.2, 0.25) is 0 Å². The van der Waals surface area contributed by atoms with Gasteiger partial charge in [-0.2, -0.15) is 0 Å². The van der Waals surface area contributed by atoms with Crippen LogP contribution in [0.1, 0.15) is 122 Å². The molecule has 1 saturated heterocycles. The number of piperazine rings is 1. The third-order valence-electron chi connectivity index (χ3n) is 10.6. The average molecular weight is 730 g/mol. The molecule has 0 N–H and O–H groups in total. The summed E-state index contributed by atoms with van der Waals surface area (Å²) >= 11 is 1.81. The van der Waals surface area contributed by atoms with Gasteiger partial charge in [0.05, 0.1) is 12.1 Å². The molecule has 2 aromatic heterocycles. The van der Waals surface area contributed by atoms with Gasteiger partial charge in [0, 0.05) is 60.5 Å². The number of carbonyl (C=O) groups is 1. The van der Waals surface area contributed by atoms with Crippen molar-refractivity contribution >= 4 is 44.0 Å². The SMILES string of the molecule is CCCCCCCCCCCCCCCCCC(=O)OCn1c(=O)ccc2ccc(OCCCCN3CCN(c4cccc5sccc45)CC3)cc21. The number of carbonyl (C=O) groups excluding carboxylic acids is 1. The first-order chi connectivity index (χ1) is 25.6. The predicted octanol–water partition coefficient (Wildman–Crippen LogP) is 11.0. The van der Waals surface area contributed by atoms with Crippen LogP contribution < -0.4 is 15.2 Å². The zero-order valence-electron chi connectivity index (χ0n) is 31.8. The van der Waals surface area contributed by atoms with Crippen molar-refractivity contribution in [3.8, 4) is 5.75 Å². The highest BCUT2D eigenvalue weighted by molar-refractivity contribution is 7.17. The summed E-state index contributed by atoms with van der Waals surface area (Å²) in [7, 11) is 0. The van der Waals surface area contributed by atoms with Crippen molar-refractivity contribution in [2.24, 2.45) is 0 Å². The minimum Gasteiger partial charge on any atom is -0.494 e. The number of hydrogen-bond donors (Lipinski definition) is 0. The first-order valence-electron chi connectivity index (χ1n) is 20.5. The maximum Gasteiger partial charge on any atom is 0.307 e. The smallest absolute Gasteiger partial charge is 0.307 e. The molecule has 3 heterocycles. The third kappa shape index (κ3) is 12.9. The zero-order chi connectivity index (χ0) is 36.2. The summed E-state index contributed by atoms with van der Waals surface area (Å²) in [5.41, 5.74) is 1.90. The summed E-state index contributed by atoms with van der Waals surface area (Å²) in [6.07, 6.45) is 21.8. The molecule has 1 aliphatic rings. The lowest BCUT2D eigenvalue weighted by Gasteiger charge is -2.36. The standard InChI is InChI=1S/C44H63N3O4S/c1-2-3-4-5-6-7-8-9-10-11-12-13-14-15-16-22-44(49)51-36-47-41-35-38(25-23-37(41)24-26-43(47)48)50-33-18-17-28-45-29-31-46(32-30-45)40-20-19-21-42-39(40)27-34-52-42/h19-21,23-27,34-35H,2-18,22,28-33,36H2,1H3. The lowest BCUT2D eigenvalue weighted by Crippen LogP contribution is -2.46. The van der Waals surface area contributed by atoms with Crippen LogP contribution in [0.15, 0.2) is 64.8 Å². The van der Waals surface area contributed by atoms with Crippen molar-refractivity contribution in [1.82, 2.24) is 9.47 Å². The van der Waals surface area contributed by atoms with Gasteiger partial charge in [0.25, 0.3) is 5.56 Å². The lowest BCUT2D eigenvalue weighted by molar-refractivity contribution is -0.147. The number of benzene rings is 2. The van der Waals surface area contributed by atoms with Gasteiger partial charge in [-0.3, -0.25) is 19.1 Å². The highest BCUT2D eigenvalue weighted by atomic mass is 32.1. The highest BCUT2D eigenvalue weighted by Crippen LogP contribution is 2.31. The van der Waals surface area contributed by atoms with E-state index in [1.54, 1.807) is 0 Å². The summed E-state index contributed by atoms with van der Waals surface area (Å²) in [4.78, 5) is 30.4. The Morgan fingerprint density at radius 3 is 2.12 bits per heavy atom. The van der Waals surface area contributed by atoms with Crippen molar-refractivity contribution in [3.05, 3.63) is 70.3 Å². The second-order valence-electron chi connectivity index (χ2n) is 14.7. The van der Waals surface area contributed by atoms with E-state index in [0.717, 1.165) is 75.1 Å². The van der Waals surface area contributed by atoms with Crippen molar-refractivity contribution in [3.63, 3.8) is 0 Å². The Morgan fingerprint density at radius 2 is 1.40 bits per heavy atom. The fourth-order valence-corrected chi connectivity index (χ4v) is 8.24. The first kappa shape index (κ1) is 39.8. The summed E-state index contributed by atoms with van der Waals surface area (Å²) in [6.45, 7) is 8.15. The summed E-state index contributed by atoms with van der Waals surface area (Å²) < 4.78 is 14.6. The number of esters is 1. The summed E-state index contributed by atoms with van der Waals surface area (Å²) in [6, 6.07) is 18.0. The minimum atomic E-state index is -0.243. The molecule has 5 rings (SSSR count). The summed E-state index contributed by atoms with van der Waals surface area (Å²) in [5.74, 6) is 0.486. The Kier molecular flexibility index (Phi) is 17.4. The molecule has 1 aliphatic heterocycles. The van der Waals surface area contributed by atoms with Crippen molar-refractivity contribution in [2.75, 3.05) is 44.2 Å².